The number of hydrogen-bond acceptors (Lipinski definition) is 6. The second-order valence-corrected chi connectivity index (χ2v) is 11.3. The highest BCUT2D eigenvalue weighted by Gasteiger charge is 2.37. The number of hydrogen-bond donors (Lipinski definition) is 1. The quantitative estimate of drug-likeness (QED) is 0.119. The third-order valence-corrected chi connectivity index (χ3v) is 6.35. The standard InChI is InChI=1S/C27H39Cl3N2O6/c1-19(2)22(13-15-37-17-20-9-11-21(36-6)12-10-20)23(16-25(33)32(3)4)24(8-7-14-38-18-35-5)31-26(34)27(28,29)30/h7-12,22-24H,1,13-18H2,2-6H3,(H,31,34)/b8-7+/t22?,23-,24+/m1/s1. The van der Waals surface area contributed by atoms with Gasteiger partial charge in [0.25, 0.3) is 9.70 Å². The van der Waals surface area contributed by atoms with E-state index in [1.807, 2.05) is 31.2 Å². The van der Waals surface area contributed by atoms with Crippen LogP contribution >= 0.6 is 34.8 Å². The molecular weight excluding hydrogens is 555 g/mol. The van der Waals surface area contributed by atoms with Crippen LogP contribution in [0.2, 0.25) is 0 Å². The fourth-order valence-electron chi connectivity index (χ4n) is 3.78. The molecule has 0 spiro atoms. The van der Waals surface area contributed by atoms with Crippen LogP contribution in [-0.2, 0) is 30.4 Å². The Morgan fingerprint density at radius 3 is 2.32 bits per heavy atom. The van der Waals surface area contributed by atoms with Crippen molar-refractivity contribution in [1.29, 1.82) is 0 Å². The van der Waals surface area contributed by atoms with E-state index in [0.717, 1.165) is 16.9 Å². The van der Waals surface area contributed by atoms with Gasteiger partial charge in [0, 0.05) is 34.2 Å². The van der Waals surface area contributed by atoms with E-state index in [9.17, 15) is 9.59 Å². The van der Waals surface area contributed by atoms with Gasteiger partial charge in [0.1, 0.15) is 12.5 Å². The molecule has 0 aliphatic heterocycles. The largest absolute Gasteiger partial charge is 0.497 e. The summed E-state index contributed by atoms with van der Waals surface area (Å²) >= 11 is 17.5. The zero-order chi connectivity index (χ0) is 28.7. The number of carbonyl (C=O) groups is 2. The predicted octanol–water partition coefficient (Wildman–Crippen LogP) is 4.92. The predicted molar refractivity (Wildman–Crippen MR) is 152 cm³/mol. The topological polar surface area (TPSA) is 86.3 Å². The maximum atomic E-state index is 12.8. The lowest BCUT2D eigenvalue weighted by Gasteiger charge is -2.34. The van der Waals surface area contributed by atoms with Crippen LogP contribution in [0.5, 0.6) is 5.75 Å². The highest BCUT2D eigenvalue weighted by atomic mass is 35.6. The van der Waals surface area contributed by atoms with Gasteiger partial charge in [-0.15, -0.1) is 0 Å². The minimum atomic E-state index is -2.17. The summed E-state index contributed by atoms with van der Waals surface area (Å²) in [6.45, 7) is 7.21. The van der Waals surface area contributed by atoms with Crippen LogP contribution in [0, 0.1) is 11.8 Å². The van der Waals surface area contributed by atoms with Gasteiger partial charge in [0.15, 0.2) is 0 Å². The van der Waals surface area contributed by atoms with Crippen molar-refractivity contribution in [3.05, 3.63) is 54.1 Å². The van der Waals surface area contributed by atoms with Gasteiger partial charge in [-0.05, 0) is 42.9 Å². The molecule has 214 valence electrons. The molecule has 0 aliphatic rings. The summed E-state index contributed by atoms with van der Waals surface area (Å²) in [5.74, 6) is -0.735. The summed E-state index contributed by atoms with van der Waals surface area (Å²) in [6.07, 6.45) is 4.15. The number of carbonyl (C=O) groups excluding carboxylic acids is 2. The summed E-state index contributed by atoms with van der Waals surface area (Å²) in [6, 6.07) is 6.97. The van der Waals surface area contributed by atoms with Gasteiger partial charge in [0.05, 0.1) is 26.4 Å². The molecule has 2 amide bonds. The third-order valence-electron chi connectivity index (χ3n) is 5.84. The van der Waals surface area contributed by atoms with E-state index >= 15 is 0 Å². The van der Waals surface area contributed by atoms with Crippen molar-refractivity contribution >= 4 is 46.6 Å². The molecule has 3 atom stereocenters. The number of nitrogens with zero attached hydrogens (tertiary/aromatic N) is 1. The first-order valence-corrected chi connectivity index (χ1v) is 13.2. The van der Waals surface area contributed by atoms with Gasteiger partial charge in [0.2, 0.25) is 5.91 Å². The first-order valence-electron chi connectivity index (χ1n) is 12.1. The Balaban J connectivity index is 3.14. The minimum Gasteiger partial charge on any atom is -0.497 e. The van der Waals surface area contributed by atoms with Crippen LogP contribution in [0.4, 0.5) is 0 Å². The summed E-state index contributed by atoms with van der Waals surface area (Å²) < 4.78 is 19.2. The lowest BCUT2D eigenvalue weighted by Crippen LogP contribution is -2.47. The average Bonchev–Trinajstić information content (AvgIpc) is 2.86. The zero-order valence-electron chi connectivity index (χ0n) is 22.7. The molecular formula is C27H39Cl3N2O6. The Hall–Kier alpha value is -1.81. The van der Waals surface area contributed by atoms with Gasteiger partial charge in [-0.3, -0.25) is 9.59 Å². The van der Waals surface area contributed by atoms with Crippen LogP contribution in [-0.4, -0.2) is 74.9 Å². The van der Waals surface area contributed by atoms with Gasteiger partial charge in [-0.1, -0.05) is 71.2 Å². The van der Waals surface area contributed by atoms with Gasteiger partial charge in [-0.2, -0.15) is 0 Å². The molecule has 0 radical (unpaired) electrons. The summed E-state index contributed by atoms with van der Waals surface area (Å²) in [5, 5.41) is 2.78. The molecule has 8 nitrogen and oxygen atoms in total. The average molecular weight is 594 g/mol. The van der Waals surface area contributed by atoms with E-state index in [-0.39, 0.29) is 31.6 Å². The molecule has 1 aromatic carbocycles. The van der Waals surface area contributed by atoms with Crippen LogP contribution in [0.25, 0.3) is 0 Å². The molecule has 0 bridgehead atoms. The van der Waals surface area contributed by atoms with E-state index in [0.29, 0.717) is 19.6 Å². The number of ether oxygens (including phenoxy) is 4. The fourth-order valence-corrected chi connectivity index (χ4v) is 3.95. The first kappa shape index (κ1) is 34.2. The number of amides is 2. The number of benzene rings is 1. The van der Waals surface area contributed by atoms with Crippen molar-refractivity contribution < 1.29 is 28.5 Å². The molecule has 11 heteroatoms. The van der Waals surface area contributed by atoms with Crippen molar-refractivity contribution in [2.75, 3.05) is 48.3 Å². The van der Waals surface area contributed by atoms with Gasteiger partial charge >= 0.3 is 0 Å². The van der Waals surface area contributed by atoms with Crippen LogP contribution < -0.4 is 10.1 Å². The number of halogens is 3. The summed E-state index contributed by atoms with van der Waals surface area (Å²) in [5.41, 5.74) is 1.84. The molecule has 0 aliphatic carbocycles. The van der Waals surface area contributed by atoms with Crippen molar-refractivity contribution in [2.45, 2.75) is 36.2 Å². The first-order chi connectivity index (χ1) is 17.9. The molecule has 1 aromatic rings. The van der Waals surface area contributed by atoms with E-state index < -0.39 is 21.7 Å². The highest BCUT2D eigenvalue weighted by Crippen LogP contribution is 2.32. The fraction of sp³-hybridized carbons (Fsp3) is 0.556. The number of methoxy groups -OCH3 is 2. The van der Waals surface area contributed by atoms with Gasteiger partial charge in [-0.25, -0.2) is 0 Å². The Morgan fingerprint density at radius 1 is 1.13 bits per heavy atom. The number of nitrogens with one attached hydrogen (secondary N) is 1. The Labute approximate surface area is 241 Å². The van der Waals surface area contributed by atoms with Crippen LogP contribution in [0.1, 0.15) is 25.3 Å². The SMILES string of the molecule is C=C(C)C(CCOCc1ccc(OC)cc1)[C@@H](CC(=O)N(C)C)[C@H](/C=C/COCOC)NC(=O)C(Cl)(Cl)Cl. The van der Waals surface area contributed by atoms with Crippen molar-refractivity contribution in [3.63, 3.8) is 0 Å². The molecule has 0 saturated heterocycles. The van der Waals surface area contributed by atoms with Crippen molar-refractivity contribution in [2.24, 2.45) is 11.8 Å². The number of rotatable bonds is 17. The second kappa shape index (κ2) is 17.7. The minimum absolute atomic E-state index is 0.109. The summed E-state index contributed by atoms with van der Waals surface area (Å²) in [7, 11) is 6.49. The molecule has 1 rings (SSSR count). The normalized spacial score (nSPS) is 14.1. The van der Waals surface area contributed by atoms with E-state index in [1.165, 1.54) is 12.0 Å². The smallest absolute Gasteiger partial charge is 0.272 e. The molecule has 0 aromatic heterocycles. The maximum Gasteiger partial charge on any atom is 0.272 e. The van der Waals surface area contributed by atoms with Crippen LogP contribution in [0.15, 0.2) is 48.6 Å². The van der Waals surface area contributed by atoms with Crippen LogP contribution in [0.3, 0.4) is 0 Å². The Bertz CT molecular complexity index is 903. The highest BCUT2D eigenvalue weighted by molar-refractivity contribution is 6.76. The molecule has 38 heavy (non-hydrogen) atoms. The Morgan fingerprint density at radius 2 is 1.79 bits per heavy atom. The number of allylic oxidation sites excluding steroid dienone is 1. The molecule has 1 N–H and O–H groups in total. The van der Waals surface area contributed by atoms with E-state index in [1.54, 1.807) is 33.4 Å². The van der Waals surface area contributed by atoms with E-state index in [4.69, 9.17) is 53.8 Å². The number of alkyl halides is 3. The van der Waals surface area contributed by atoms with E-state index in [2.05, 4.69) is 11.9 Å². The lowest BCUT2D eigenvalue weighted by molar-refractivity contribution is -0.131. The summed E-state index contributed by atoms with van der Waals surface area (Å²) in [4.78, 5) is 27.0. The van der Waals surface area contributed by atoms with Crippen molar-refractivity contribution in [3.8, 4) is 5.75 Å². The lowest BCUT2D eigenvalue weighted by atomic mass is 9.77. The molecule has 0 fully saturated rings. The maximum absolute atomic E-state index is 12.8. The zero-order valence-corrected chi connectivity index (χ0v) is 24.9. The molecule has 0 saturated carbocycles. The molecule has 1 unspecified atom stereocenters. The monoisotopic (exact) mass is 592 g/mol. The third kappa shape index (κ3) is 12.8. The Kier molecular flexibility index (Phi) is 16.0. The van der Waals surface area contributed by atoms with Crippen molar-refractivity contribution in [1.82, 2.24) is 10.2 Å². The van der Waals surface area contributed by atoms with Gasteiger partial charge < -0.3 is 29.2 Å². The second-order valence-electron chi connectivity index (χ2n) is 9.00. The molecule has 0 heterocycles.